The first-order chi connectivity index (χ1) is 11.6. The van der Waals surface area contributed by atoms with Gasteiger partial charge < -0.3 is 9.72 Å². The molecule has 0 amide bonds. The number of hydrogen-bond donors (Lipinski definition) is 1. The van der Waals surface area contributed by atoms with Crippen LogP contribution in [-0.4, -0.2) is 9.97 Å². The molecule has 0 aliphatic carbocycles. The molecular formula is C20H16N2O2. The molecule has 4 rings (SSSR count). The summed E-state index contributed by atoms with van der Waals surface area (Å²) < 4.78 is 6.00. The summed E-state index contributed by atoms with van der Waals surface area (Å²) in [6.45, 7) is 3.87. The number of aryl methyl sites for hydroxylation is 2. The van der Waals surface area contributed by atoms with Crippen molar-refractivity contribution in [2.24, 2.45) is 0 Å². The van der Waals surface area contributed by atoms with Gasteiger partial charge in [0.1, 0.15) is 11.4 Å². The minimum absolute atomic E-state index is 0.0353. The quantitative estimate of drug-likeness (QED) is 0.555. The maximum atomic E-state index is 12.4. The Kier molecular flexibility index (Phi) is 3.31. The summed E-state index contributed by atoms with van der Waals surface area (Å²) in [4.78, 5) is 20.2. The van der Waals surface area contributed by atoms with Gasteiger partial charge in [-0.3, -0.25) is 4.79 Å². The molecule has 4 heteroatoms. The summed E-state index contributed by atoms with van der Waals surface area (Å²) in [5.74, 6) is 1.20. The second kappa shape index (κ2) is 5.49. The van der Waals surface area contributed by atoms with Gasteiger partial charge in [-0.2, -0.15) is 4.98 Å². The van der Waals surface area contributed by atoms with Crippen molar-refractivity contribution in [3.05, 3.63) is 76.1 Å². The van der Waals surface area contributed by atoms with Gasteiger partial charge in [0.25, 0.3) is 0 Å². The normalized spacial score (nSPS) is 11.1. The molecule has 1 N–H and O–H groups in total. The molecule has 0 aliphatic rings. The topological polar surface area (TPSA) is 55.0 Å². The predicted molar refractivity (Wildman–Crippen MR) is 95.9 cm³/mol. The molecule has 4 aromatic rings. The lowest BCUT2D eigenvalue weighted by Crippen LogP contribution is -2.06. The van der Waals surface area contributed by atoms with Gasteiger partial charge in [-0.15, -0.1) is 0 Å². The zero-order valence-corrected chi connectivity index (χ0v) is 13.5. The maximum absolute atomic E-state index is 12.4. The number of nitrogens with zero attached hydrogens (tertiary/aromatic N) is 1. The molecule has 24 heavy (non-hydrogen) atoms. The molecule has 118 valence electrons. The number of nitrogens with one attached hydrogen (secondary N) is 1. The fourth-order valence-corrected chi connectivity index (χ4v) is 2.86. The van der Waals surface area contributed by atoms with Crippen LogP contribution in [0.4, 0.5) is 0 Å². The number of benzene rings is 2. The van der Waals surface area contributed by atoms with E-state index in [-0.39, 0.29) is 5.43 Å². The number of fused-ring (bicyclic) bond motifs is 3. The van der Waals surface area contributed by atoms with Gasteiger partial charge in [0, 0.05) is 22.5 Å². The molecule has 0 radical (unpaired) electrons. The molecule has 0 spiro atoms. The lowest BCUT2D eigenvalue weighted by atomic mass is 10.1. The summed E-state index contributed by atoms with van der Waals surface area (Å²) >= 11 is 0. The molecule has 2 heterocycles. The van der Waals surface area contributed by atoms with Crippen molar-refractivity contribution >= 4 is 21.8 Å². The third-order valence-electron chi connectivity index (χ3n) is 4.02. The van der Waals surface area contributed by atoms with Crippen LogP contribution >= 0.6 is 0 Å². The molecule has 0 saturated heterocycles. The third-order valence-corrected chi connectivity index (χ3v) is 4.02. The Morgan fingerprint density at radius 2 is 1.67 bits per heavy atom. The number of ether oxygens (including phenoxy) is 1. The van der Waals surface area contributed by atoms with Crippen molar-refractivity contribution in [3.8, 4) is 11.6 Å². The highest BCUT2D eigenvalue weighted by Gasteiger charge is 2.13. The molecule has 0 aliphatic heterocycles. The van der Waals surface area contributed by atoms with Gasteiger partial charge in [0.15, 0.2) is 5.43 Å². The monoisotopic (exact) mass is 316 g/mol. The highest BCUT2D eigenvalue weighted by Crippen LogP contribution is 2.31. The van der Waals surface area contributed by atoms with Crippen LogP contribution in [0.15, 0.2) is 59.4 Å². The molecule has 0 atom stereocenters. The number of pyridine rings is 2. The first-order valence-corrected chi connectivity index (χ1v) is 7.79. The van der Waals surface area contributed by atoms with Crippen LogP contribution in [-0.2, 0) is 0 Å². The Labute approximate surface area is 138 Å². The number of H-pyrrole nitrogens is 1. The van der Waals surface area contributed by atoms with E-state index in [0.29, 0.717) is 22.7 Å². The van der Waals surface area contributed by atoms with Crippen LogP contribution in [0, 0.1) is 13.8 Å². The summed E-state index contributed by atoms with van der Waals surface area (Å²) in [6, 6.07) is 17.1. The lowest BCUT2D eigenvalue weighted by molar-refractivity contribution is 0.470. The highest BCUT2D eigenvalue weighted by atomic mass is 16.5. The summed E-state index contributed by atoms with van der Waals surface area (Å²) in [5.41, 5.74) is 2.45. The van der Waals surface area contributed by atoms with Crippen molar-refractivity contribution in [2.45, 2.75) is 13.8 Å². The predicted octanol–water partition coefficient (Wildman–Crippen LogP) is 4.49. The summed E-state index contributed by atoms with van der Waals surface area (Å²) in [6.07, 6.45) is 0. The van der Waals surface area contributed by atoms with E-state index in [1.165, 1.54) is 5.56 Å². The van der Waals surface area contributed by atoms with Crippen LogP contribution in [0.1, 0.15) is 11.3 Å². The van der Waals surface area contributed by atoms with E-state index in [1.54, 1.807) is 6.07 Å². The summed E-state index contributed by atoms with van der Waals surface area (Å²) in [7, 11) is 0. The van der Waals surface area contributed by atoms with E-state index < -0.39 is 0 Å². The number of rotatable bonds is 2. The second-order valence-electron chi connectivity index (χ2n) is 5.92. The number of aromatic nitrogens is 2. The van der Waals surface area contributed by atoms with E-state index >= 15 is 0 Å². The van der Waals surface area contributed by atoms with Crippen LogP contribution < -0.4 is 10.2 Å². The van der Waals surface area contributed by atoms with Gasteiger partial charge in [0.05, 0.1) is 5.39 Å². The number of hydrogen-bond acceptors (Lipinski definition) is 3. The van der Waals surface area contributed by atoms with E-state index in [1.807, 2.05) is 62.4 Å². The van der Waals surface area contributed by atoms with E-state index in [2.05, 4.69) is 9.97 Å². The molecule has 0 saturated carbocycles. The van der Waals surface area contributed by atoms with Gasteiger partial charge in [-0.05, 0) is 32.0 Å². The molecule has 2 aromatic carbocycles. The Balaban J connectivity index is 2.00. The minimum Gasteiger partial charge on any atom is -0.438 e. The second-order valence-corrected chi connectivity index (χ2v) is 5.92. The van der Waals surface area contributed by atoms with Gasteiger partial charge in [-0.25, -0.2) is 0 Å². The van der Waals surface area contributed by atoms with Crippen LogP contribution in [0.5, 0.6) is 11.6 Å². The smallest absolute Gasteiger partial charge is 0.229 e. The molecule has 4 nitrogen and oxygen atoms in total. The zero-order chi connectivity index (χ0) is 16.7. The maximum Gasteiger partial charge on any atom is 0.229 e. The highest BCUT2D eigenvalue weighted by molar-refractivity contribution is 6.06. The van der Waals surface area contributed by atoms with E-state index in [9.17, 15) is 4.79 Å². The van der Waals surface area contributed by atoms with Gasteiger partial charge in [0.2, 0.25) is 5.88 Å². The average molecular weight is 316 g/mol. The van der Waals surface area contributed by atoms with Crippen LogP contribution in [0.25, 0.3) is 21.8 Å². The largest absolute Gasteiger partial charge is 0.438 e. The van der Waals surface area contributed by atoms with Crippen molar-refractivity contribution in [1.82, 2.24) is 9.97 Å². The molecular weight excluding hydrogens is 300 g/mol. The Morgan fingerprint density at radius 1 is 0.958 bits per heavy atom. The molecule has 0 unspecified atom stereocenters. The first-order valence-electron chi connectivity index (χ1n) is 7.79. The molecule has 2 aromatic heterocycles. The average Bonchev–Trinajstić information content (AvgIpc) is 2.56. The van der Waals surface area contributed by atoms with Crippen LogP contribution in [0.3, 0.4) is 0 Å². The first kappa shape index (κ1) is 14.5. The lowest BCUT2D eigenvalue weighted by Gasteiger charge is -2.11. The Morgan fingerprint density at radius 3 is 2.42 bits per heavy atom. The fraction of sp³-hybridized carbons (Fsp3) is 0.100. The fourth-order valence-electron chi connectivity index (χ4n) is 2.86. The van der Waals surface area contributed by atoms with Crippen molar-refractivity contribution in [2.75, 3.05) is 0 Å². The Bertz CT molecular complexity index is 1110. The van der Waals surface area contributed by atoms with Gasteiger partial charge in [-0.1, -0.05) is 35.9 Å². The summed E-state index contributed by atoms with van der Waals surface area (Å²) in [5, 5.41) is 2.25. The van der Waals surface area contributed by atoms with Crippen molar-refractivity contribution in [1.29, 1.82) is 0 Å². The van der Waals surface area contributed by atoms with Gasteiger partial charge >= 0.3 is 0 Å². The van der Waals surface area contributed by atoms with E-state index in [4.69, 9.17) is 4.74 Å². The van der Waals surface area contributed by atoms with Crippen molar-refractivity contribution in [3.63, 3.8) is 0 Å². The molecule has 0 bridgehead atoms. The zero-order valence-electron chi connectivity index (χ0n) is 13.5. The minimum atomic E-state index is -0.0353. The number of aromatic amines is 1. The van der Waals surface area contributed by atoms with Crippen LogP contribution in [0.2, 0.25) is 0 Å². The SMILES string of the molecule is Cc1ccc(Oc2nc3[nH]c(C)cc(=O)c3c3ccccc23)cc1. The standard InChI is InChI=1S/C20H16N2O2/c1-12-7-9-14(10-8-12)24-20-16-6-4-3-5-15(16)18-17(23)11-13(2)21-19(18)22-20/h3-11H,1-2H3,(H,21,22,23). The van der Waals surface area contributed by atoms with E-state index in [0.717, 1.165) is 16.5 Å². The molecule has 0 fully saturated rings. The Hall–Kier alpha value is -3.14. The van der Waals surface area contributed by atoms with Crippen molar-refractivity contribution < 1.29 is 4.74 Å². The third kappa shape index (κ3) is 2.42.